The molecule has 0 fully saturated rings. The smallest absolute Gasteiger partial charge is 0.0838 e. The summed E-state index contributed by atoms with van der Waals surface area (Å²) in [5.74, 6) is 0. The Hall–Kier alpha value is -0.350. The van der Waals surface area contributed by atoms with E-state index in [4.69, 9.17) is 11.6 Å². The summed E-state index contributed by atoms with van der Waals surface area (Å²) in [7, 11) is 0. The second kappa shape index (κ2) is 5.32. The molecule has 16 heavy (non-hydrogen) atoms. The summed E-state index contributed by atoms with van der Waals surface area (Å²) < 4.78 is 0.848. The molecule has 0 radical (unpaired) electrons. The van der Waals surface area contributed by atoms with Gasteiger partial charge in [0.05, 0.1) is 11.1 Å². The fourth-order valence-corrected chi connectivity index (χ4v) is 2.64. The van der Waals surface area contributed by atoms with Gasteiger partial charge in [-0.05, 0) is 45.1 Å². The van der Waals surface area contributed by atoms with Crippen LogP contribution in [0.3, 0.4) is 0 Å². The van der Waals surface area contributed by atoms with Crippen molar-refractivity contribution in [3.8, 4) is 0 Å². The average Bonchev–Trinajstić information content (AvgIpc) is 2.74. The van der Waals surface area contributed by atoms with Gasteiger partial charge < -0.3 is 5.11 Å². The fourth-order valence-electron chi connectivity index (χ4n) is 1.46. The molecular weight excluding hydrogens is 308 g/mol. The molecule has 1 aromatic heterocycles. The molecule has 1 N–H and O–H groups in total. The van der Waals surface area contributed by atoms with Gasteiger partial charge in [0.15, 0.2) is 0 Å². The van der Waals surface area contributed by atoms with Crippen LogP contribution in [0.25, 0.3) is 0 Å². The van der Waals surface area contributed by atoms with Crippen molar-refractivity contribution in [1.82, 2.24) is 0 Å². The summed E-state index contributed by atoms with van der Waals surface area (Å²) in [5, 5.41) is 12.7. The van der Waals surface area contributed by atoms with E-state index >= 15 is 0 Å². The lowest BCUT2D eigenvalue weighted by Gasteiger charge is -2.10. The van der Waals surface area contributed by atoms with E-state index in [2.05, 4.69) is 15.9 Å². The van der Waals surface area contributed by atoms with Gasteiger partial charge in [-0.2, -0.15) is 0 Å². The molecule has 2 rings (SSSR count). The molecule has 2 aromatic rings. The van der Waals surface area contributed by atoms with Crippen molar-refractivity contribution in [3.05, 3.63) is 55.6 Å². The van der Waals surface area contributed by atoms with Crippen LogP contribution in [0.15, 0.2) is 40.2 Å². The van der Waals surface area contributed by atoms with E-state index in [9.17, 15) is 5.11 Å². The molecule has 0 saturated heterocycles. The molecule has 1 aromatic carbocycles. The lowest BCUT2D eigenvalue weighted by Crippen LogP contribution is -2.00. The molecule has 4 heteroatoms. The number of aliphatic hydroxyl groups is 1. The number of hydrogen-bond donors (Lipinski definition) is 1. The van der Waals surface area contributed by atoms with Gasteiger partial charge in [0.2, 0.25) is 0 Å². The summed E-state index contributed by atoms with van der Waals surface area (Å²) in [4.78, 5) is 1.17. The molecule has 1 heterocycles. The van der Waals surface area contributed by atoms with Crippen molar-refractivity contribution in [3.63, 3.8) is 0 Å². The van der Waals surface area contributed by atoms with E-state index in [1.165, 1.54) is 4.88 Å². The van der Waals surface area contributed by atoms with Crippen LogP contribution in [0, 0.1) is 0 Å². The van der Waals surface area contributed by atoms with Crippen molar-refractivity contribution < 1.29 is 5.11 Å². The molecular formula is C12H10BrClOS. The first-order valence-corrected chi connectivity index (χ1v) is 6.87. The third-order valence-electron chi connectivity index (χ3n) is 2.30. The zero-order valence-corrected chi connectivity index (χ0v) is 11.5. The predicted octanol–water partition coefficient (Wildman–Crippen LogP) is 4.44. The van der Waals surface area contributed by atoms with Crippen LogP contribution in [-0.4, -0.2) is 5.11 Å². The van der Waals surface area contributed by atoms with Crippen LogP contribution in [0.4, 0.5) is 0 Å². The summed E-state index contributed by atoms with van der Waals surface area (Å²) >= 11 is 11.0. The highest BCUT2D eigenvalue weighted by Crippen LogP contribution is 2.28. The lowest BCUT2D eigenvalue weighted by molar-refractivity contribution is 0.179. The maximum Gasteiger partial charge on any atom is 0.0838 e. The molecule has 0 aliphatic rings. The molecule has 0 spiro atoms. The van der Waals surface area contributed by atoms with Crippen LogP contribution >= 0.6 is 38.9 Å². The number of rotatable bonds is 3. The van der Waals surface area contributed by atoms with E-state index in [0.29, 0.717) is 11.4 Å². The summed E-state index contributed by atoms with van der Waals surface area (Å²) in [6, 6.07) is 9.54. The van der Waals surface area contributed by atoms with E-state index < -0.39 is 6.10 Å². The average molecular weight is 318 g/mol. The molecule has 84 valence electrons. The second-order valence-electron chi connectivity index (χ2n) is 3.47. The van der Waals surface area contributed by atoms with Gasteiger partial charge in [0, 0.05) is 15.8 Å². The molecule has 0 bridgehead atoms. The second-order valence-corrected chi connectivity index (χ2v) is 5.77. The Kier molecular flexibility index (Phi) is 4.03. The predicted molar refractivity (Wildman–Crippen MR) is 72.1 cm³/mol. The van der Waals surface area contributed by atoms with Crippen molar-refractivity contribution in [1.29, 1.82) is 0 Å². The van der Waals surface area contributed by atoms with Gasteiger partial charge in [-0.15, -0.1) is 11.3 Å². The zero-order chi connectivity index (χ0) is 11.5. The molecule has 1 atom stereocenters. The minimum Gasteiger partial charge on any atom is -0.388 e. The first kappa shape index (κ1) is 12.1. The van der Waals surface area contributed by atoms with E-state index in [1.807, 2.05) is 29.6 Å². The van der Waals surface area contributed by atoms with Crippen molar-refractivity contribution >= 4 is 38.9 Å². The van der Waals surface area contributed by atoms with Crippen LogP contribution in [0.5, 0.6) is 0 Å². The summed E-state index contributed by atoms with van der Waals surface area (Å²) in [6.07, 6.45) is 0.138. The van der Waals surface area contributed by atoms with Crippen LogP contribution in [0.2, 0.25) is 5.02 Å². The van der Waals surface area contributed by atoms with Crippen LogP contribution < -0.4 is 0 Å². The van der Waals surface area contributed by atoms with Crippen LogP contribution in [-0.2, 0) is 6.42 Å². The first-order valence-electron chi connectivity index (χ1n) is 4.82. The van der Waals surface area contributed by atoms with Crippen molar-refractivity contribution in [2.45, 2.75) is 12.5 Å². The van der Waals surface area contributed by atoms with Gasteiger partial charge in [0.25, 0.3) is 0 Å². The lowest BCUT2D eigenvalue weighted by atomic mass is 10.1. The molecule has 0 aliphatic heterocycles. The van der Waals surface area contributed by atoms with Gasteiger partial charge in [-0.25, -0.2) is 0 Å². The van der Waals surface area contributed by atoms with Gasteiger partial charge in [0.1, 0.15) is 0 Å². The maximum atomic E-state index is 10.0. The molecule has 0 aliphatic carbocycles. The molecule has 1 nitrogen and oxygen atoms in total. The number of halogens is 2. The Labute approximate surface area is 112 Å². The molecule has 0 saturated carbocycles. The first-order chi connectivity index (χ1) is 7.66. The highest BCUT2D eigenvalue weighted by Gasteiger charge is 2.10. The SMILES string of the molecule is OC(Cc1cccs1)c1ccc(Br)c(Cl)c1. The minimum absolute atomic E-state index is 0.496. The van der Waals surface area contributed by atoms with E-state index in [-0.39, 0.29) is 0 Å². The Morgan fingerprint density at radius 1 is 1.38 bits per heavy atom. The third kappa shape index (κ3) is 2.86. The number of benzene rings is 1. The van der Waals surface area contributed by atoms with Gasteiger partial charge >= 0.3 is 0 Å². The Morgan fingerprint density at radius 3 is 2.81 bits per heavy atom. The topological polar surface area (TPSA) is 20.2 Å². The number of hydrogen-bond acceptors (Lipinski definition) is 2. The van der Waals surface area contributed by atoms with E-state index in [0.717, 1.165) is 10.0 Å². The highest BCUT2D eigenvalue weighted by atomic mass is 79.9. The Bertz CT molecular complexity index is 470. The number of aliphatic hydroxyl groups excluding tert-OH is 1. The molecule has 1 unspecified atom stereocenters. The standard InChI is InChI=1S/C12H10BrClOS/c13-10-4-3-8(6-11(10)14)12(15)7-9-2-1-5-16-9/h1-6,12,15H,7H2. The Morgan fingerprint density at radius 2 is 2.19 bits per heavy atom. The third-order valence-corrected chi connectivity index (χ3v) is 4.43. The van der Waals surface area contributed by atoms with Crippen LogP contribution in [0.1, 0.15) is 16.5 Å². The normalized spacial score (nSPS) is 12.7. The fraction of sp³-hybridized carbons (Fsp3) is 0.167. The van der Waals surface area contributed by atoms with E-state index in [1.54, 1.807) is 17.4 Å². The zero-order valence-electron chi connectivity index (χ0n) is 8.36. The minimum atomic E-state index is -0.496. The number of thiophene rings is 1. The largest absolute Gasteiger partial charge is 0.388 e. The summed E-state index contributed by atoms with van der Waals surface area (Å²) in [5.41, 5.74) is 0.849. The Balaban J connectivity index is 2.14. The molecule has 0 amide bonds. The quantitative estimate of drug-likeness (QED) is 0.887. The van der Waals surface area contributed by atoms with Crippen molar-refractivity contribution in [2.24, 2.45) is 0 Å². The maximum absolute atomic E-state index is 10.0. The highest BCUT2D eigenvalue weighted by molar-refractivity contribution is 9.10. The monoisotopic (exact) mass is 316 g/mol. The van der Waals surface area contributed by atoms with Gasteiger partial charge in [-0.1, -0.05) is 23.7 Å². The summed E-state index contributed by atoms with van der Waals surface area (Å²) in [6.45, 7) is 0. The van der Waals surface area contributed by atoms with Crippen molar-refractivity contribution in [2.75, 3.05) is 0 Å². The van der Waals surface area contributed by atoms with Gasteiger partial charge in [-0.3, -0.25) is 0 Å².